The molecular weight excluding hydrogens is 228 g/mol. The fourth-order valence-corrected chi connectivity index (χ4v) is 1.23. The molecule has 0 heterocycles. The minimum Gasteiger partial charge on any atom is -0.508 e. The SMILES string of the molecule is CCC(C)(C)NC(=O)c1c(F)cc(O)cc1F. The zero-order valence-corrected chi connectivity index (χ0v) is 9.97. The van der Waals surface area contributed by atoms with Crippen LogP contribution in [0.25, 0.3) is 0 Å². The van der Waals surface area contributed by atoms with Crippen LogP contribution in [0.4, 0.5) is 8.78 Å². The Kier molecular flexibility index (Phi) is 3.70. The molecule has 0 atom stereocenters. The maximum atomic E-state index is 13.4. The van der Waals surface area contributed by atoms with E-state index < -0.39 is 34.4 Å². The van der Waals surface area contributed by atoms with Gasteiger partial charge in [-0.15, -0.1) is 0 Å². The molecule has 2 N–H and O–H groups in total. The van der Waals surface area contributed by atoms with Crippen LogP contribution in [0.15, 0.2) is 12.1 Å². The monoisotopic (exact) mass is 243 g/mol. The van der Waals surface area contributed by atoms with Gasteiger partial charge in [0.2, 0.25) is 0 Å². The van der Waals surface area contributed by atoms with Crippen molar-refractivity contribution in [3.8, 4) is 5.75 Å². The summed E-state index contributed by atoms with van der Waals surface area (Å²) in [4.78, 5) is 11.7. The van der Waals surface area contributed by atoms with Crippen molar-refractivity contribution in [2.24, 2.45) is 0 Å². The Balaban J connectivity index is 3.05. The van der Waals surface area contributed by atoms with Crippen LogP contribution in [-0.4, -0.2) is 16.6 Å². The summed E-state index contributed by atoms with van der Waals surface area (Å²) in [7, 11) is 0. The lowest BCUT2D eigenvalue weighted by Gasteiger charge is -2.24. The number of phenolic OH excluding ortho intramolecular Hbond substituents is 1. The number of halogens is 2. The molecule has 1 aromatic carbocycles. The number of nitrogens with one attached hydrogen (secondary N) is 1. The molecule has 0 bridgehead atoms. The van der Waals surface area contributed by atoms with Gasteiger partial charge in [-0.1, -0.05) is 6.92 Å². The van der Waals surface area contributed by atoms with Gasteiger partial charge >= 0.3 is 0 Å². The first-order chi connectivity index (χ1) is 7.76. The molecule has 0 aliphatic heterocycles. The van der Waals surface area contributed by atoms with E-state index in [2.05, 4.69) is 5.32 Å². The van der Waals surface area contributed by atoms with Crippen LogP contribution in [0, 0.1) is 11.6 Å². The molecule has 94 valence electrons. The summed E-state index contributed by atoms with van der Waals surface area (Å²) in [6, 6.07) is 1.41. The van der Waals surface area contributed by atoms with Crippen LogP contribution in [0.2, 0.25) is 0 Å². The van der Waals surface area contributed by atoms with E-state index in [9.17, 15) is 13.6 Å². The van der Waals surface area contributed by atoms with Crippen molar-refractivity contribution in [3.63, 3.8) is 0 Å². The summed E-state index contributed by atoms with van der Waals surface area (Å²) in [6.07, 6.45) is 0.625. The van der Waals surface area contributed by atoms with Gasteiger partial charge in [-0.05, 0) is 20.3 Å². The number of rotatable bonds is 3. The number of amides is 1. The lowest BCUT2D eigenvalue weighted by atomic mass is 10.0. The molecule has 1 rings (SSSR count). The van der Waals surface area contributed by atoms with Crippen molar-refractivity contribution in [2.75, 3.05) is 0 Å². The Hall–Kier alpha value is -1.65. The Labute approximate surface area is 98.5 Å². The number of carbonyl (C=O) groups is 1. The summed E-state index contributed by atoms with van der Waals surface area (Å²) in [5.74, 6) is -3.53. The van der Waals surface area contributed by atoms with Gasteiger partial charge in [0, 0.05) is 17.7 Å². The minimum absolute atomic E-state index is 0.548. The van der Waals surface area contributed by atoms with E-state index in [-0.39, 0.29) is 0 Å². The van der Waals surface area contributed by atoms with Crippen LogP contribution in [0.1, 0.15) is 37.6 Å². The molecule has 5 heteroatoms. The van der Waals surface area contributed by atoms with Gasteiger partial charge in [0.05, 0.1) is 0 Å². The molecule has 0 saturated carbocycles. The van der Waals surface area contributed by atoms with Gasteiger partial charge in [0.1, 0.15) is 22.9 Å². The van der Waals surface area contributed by atoms with Crippen molar-refractivity contribution >= 4 is 5.91 Å². The topological polar surface area (TPSA) is 49.3 Å². The van der Waals surface area contributed by atoms with E-state index in [1.807, 2.05) is 6.92 Å². The Morgan fingerprint density at radius 2 is 1.82 bits per heavy atom. The third-order valence-electron chi connectivity index (χ3n) is 2.59. The van der Waals surface area contributed by atoms with Gasteiger partial charge in [-0.3, -0.25) is 4.79 Å². The number of aromatic hydroxyl groups is 1. The summed E-state index contributed by atoms with van der Waals surface area (Å²) >= 11 is 0. The summed E-state index contributed by atoms with van der Waals surface area (Å²) < 4.78 is 26.8. The van der Waals surface area contributed by atoms with Crippen LogP contribution in [0.3, 0.4) is 0 Å². The molecule has 0 saturated heterocycles. The molecule has 0 unspecified atom stereocenters. The maximum Gasteiger partial charge on any atom is 0.257 e. The molecule has 17 heavy (non-hydrogen) atoms. The summed E-state index contributed by atoms with van der Waals surface area (Å²) in [5.41, 5.74) is -1.22. The lowest BCUT2D eigenvalue weighted by Crippen LogP contribution is -2.43. The van der Waals surface area contributed by atoms with Crippen LogP contribution in [0.5, 0.6) is 5.75 Å². The zero-order chi connectivity index (χ0) is 13.2. The first kappa shape index (κ1) is 13.4. The quantitative estimate of drug-likeness (QED) is 0.857. The van der Waals surface area contributed by atoms with E-state index in [0.717, 1.165) is 0 Å². The molecule has 0 aromatic heterocycles. The molecule has 1 amide bonds. The fraction of sp³-hybridized carbons (Fsp3) is 0.417. The van der Waals surface area contributed by atoms with E-state index in [4.69, 9.17) is 5.11 Å². The molecule has 0 spiro atoms. The van der Waals surface area contributed by atoms with Gasteiger partial charge in [-0.25, -0.2) is 8.78 Å². The van der Waals surface area contributed by atoms with Crippen molar-refractivity contribution < 1.29 is 18.7 Å². The molecule has 1 aromatic rings. The minimum atomic E-state index is -1.08. The maximum absolute atomic E-state index is 13.4. The predicted octanol–water partition coefficient (Wildman–Crippen LogP) is 2.59. The first-order valence-corrected chi connectivity index (χ1v) is 5.27. The number of hydrogen-bond acceptors (Lipinski definition) is 2. The molecule has 0 aliphatic carbocycles. The standard InChI is InChI=1S/C12H15F2NO2/c1-4-12(2,3)15-11(17)10-8(13)5-7(16)6-9(10)14/h5-6,16H,4H2,1-3H3,(H,15,17). The molecule has 0 radical (unpaired) electrons. The number of phenols is 1. The Morgan fingerprint density at radius 1 is 1.35 bits per heavy atom. The Morgan fingerprint density at radius 3 is 2.24 bits per heavy atom. The van der Waals surface area contributed by atoms with Gasteiger partial charge in [-0.2, -0.15) is 0 Å². The largest absolute Gasteiger partial charge is 0.508 e. The normalized spacial score (nSPS) is 11.4. The summed E-state index contributed by atoms with van der Waals surface area (Å²) in [6.45, 7) is 5.35. The van der Waals surface area contributed by atoms with Crippen LogP contribution < -0.4 is 5.32 Å². The zero-order valence-electron chi connectivity index (χ0n) is 9.97. The first-order valence-electron chi connectivity index (χ1n) is 5.27. The molecule has 0 fully saturated rings. The highest BCUT2D eigenvalue weighted by atomic mass is 19.1. The van der Waals surface area contributed by atoms with E-state index in [1.165, 1.54) is 0 Å². The smallest absolute Gasteiger partial charge is 0.257 e. The van der Waals surface area contributed by atoms with Crippen LogP contribution >= 0.6 is 0 Å². The molecular formula is C12H15F2NO2. The fourth-order valence-electron chi connectivity index (χ4n) is 1.23. The highest BCUT2D eigenvalue weighted by Crippen LogP contribution is 2.20. The van der Waals surface area contributed by atoms with Gasteiger partial charge < -0.3 is 10.4 Å². The number of hydrogen-bond donors (Lipinski definition) is 2. The van der Waals surface area contributed by atoms with Crippen molar-refractivity contribution in [1.82, 2.24) is 5.32 Å². The highest BCUT2D eigenvalue weighted by Gasteiger charge is 2.24. The van der Waals surface area contributed by atoms with E-state index in [1.54, 1.807) is 13.8 Å². The number of carbonyl (C=O) groups excluding carboxylic acids is 1. The second-order valence-corrected chi connectivity index (χ2v) is 4.48. The van der Waals surface area contributed by atoms with Gasteiger partial charge in [0.25, 0.3) is 5.91 Å². The third-order valence-corrected chi connectivity index (χ3v) is 2.59. The molecule has 0 aliphatic rings. The van der Waals surface area contributed by atoms with E-state index >= 15 is 0 Å². The average Bonchev–Trinajstić information content (AvgIpc) is 2.14. The second kappa shape index (κ2) is 4.69. The summed E-state index contributed by atoms with van der Waals surface area (Å²) in [5, 5.41) is 11.5. The predicted molar refractivity (Wildman–Crippen MR) is 59.9 cm³/mol. The van der Waals surface area contributed by atoms with Gasteiger partial charge in [0.15, 0.2) is 0 Å². The van der Waals surface area contributed by atoms with Crippen molar-refractivity contribution in [3.05, 3.63) is 29.3 Å². The second-order valence-electron chi connectivity index (χ2n) is 4.48. The lowest BCUT2D eigenvalue weighted by molar-refractivity contribution is 0.0902. The number of benzene rings is 1. The van der Waals surface area contributed by atoms with E-state index in [0.29, 0.717) is 18.6 Å². The van der Waals surface area contributed by atoms with Crippen molar-refractivity contribution in [2.45, 2.75) is 32.7 Å². The van der Waals surface area contributed by atoms with Crippen LogP contribution in [-0.2, 0) is 0 Å². The average molecular weight is 243 g/mol. The molecule has 3 nitrogen and oxygen atoms in total. The Bertz CT molecular complexity index is 421. The van der Waals surface area contributed by atoms with Crippen molar-refractivity contribution in [1.29, 1.82) is 0 Å². The third kappa shape index (κ3) is 3.15. The highest BCUT2D eigenvalue weighted by molar-refractivity contribution is 5.95.